The van der Waals surface area contributed by atoms with Gasteiger partial charge in [0, 0.05) is 37.1 Å². The minimum absolute atomic E-state index is 0.0274. The van der Waals surface area contributed by atoms with Crippen LogP contribution in [0.5, 0.6) is 5.75 Å². The van der Waals surface area contributed by atoms with Crippen molar-refractivity contribution in [1.82, 2.24) is 24.0 Å². The minimum Gasteiger partial charge on any atom is -0.508 e. The van der Waals surface area contributed by atoms with Crippen LogP contribution in [-0.2, 0) is 6.54 Å². The van der Waals surface area contributed by atoms with Crippen molar-refractivity contribution in [3.63, 3.8) is 0 Å². The Morgan fingerprint density at radius 1 is 1.11 bits per heavy atom. The molecule has 0 bridgehead atoms. The van der Waals surface area contributed by atoms with Crippen molar-refractivity contribution < 1.29 is 23.1 Å². The zero-order valence-corrected chi connectivity index (χ0v) is 19.9. The van der Waals surface area contributed by atoms with Crippen LogP contribution in [0.2, 0.25) is 0 Å². The number of carbonyl (C=O) groups excluding carboxylic acids is 1. The summed E-state index contributed by atoms with van der Waals surface area (Å²) in [6.45, 7) is -0.991. The van der Waals surface area contributed by atoms with Crippen molar-refractivity contribution >= 4 is 22.9 Å². The van der Waals surface area contributed by atoms with E-state index >= 15 is 0 Å². The molecule has 198 valence electrons. The lowest BCUT2D eigenvalue weighted by Crippen LogP contribution is -2.43. The lowest BCUT2D eigenvalue weighted by molar-refractivity contribution is -0.141. The van der Waals surface area contributed by atoms with Gasteiger partial charge in [-0.1, -0.05) is 12.1 Å². The van der Waals surface area contributed by atoms with E-state index in [1.807, 2.05) is 0 Å². The number of aromatic nitrogens is 4. The first-order valence-electron chi connectivity index (χ1n) is 11.8. The van der Waals surface area contributed by atoms with Gasteiger partial charge in [0.1, 0.15) is 18.0 Å². The molecule has 4 aromatic rings. The Morgan fingerprint density at radius 3 is 2.50 bits per heavy atom. The second-order valence-electron chi connectivity index (χ2n) is 9.06. The van der Waals surface area contributed by atoms with Gasteiger partial charge >= 0.3 is 17.9 Å². The van der Waals surface area contributed by atoms with Crippen LogP contribution in [0.4, 0.5) is 23.7 Å². The van der Waals surface area contributed by atoms with Gasteiger partial charge in [0.25, 0.3) is 5.56 Å². The van der Waals surface area contributed by atoms with Gasteiger partial charge in [0.2, 0.25) is 0 Å². The van der Waals surface area contributed by atoms with E-state index < -0.39 is 24.3 Å². The van der Waals surface area contributed by atoms with Gasteiger partial charge in [-0.25, -0.2) is 14.6 Å². The molecule has 0 atom stereocenters. The summed E-state index contributed by atoms with van der Waals surface area (Å²) in [5.41, 5.74) is 0.261. The van der Waals surface area contributed by atoms with Gasteiger partial charge in [-0.2, -0.15) is 13.2 Å². The number of benzene rings is 1. The van der Waals surface area contributed by atoms with Gasteiger partial charge in [-0.15, -0.1) is 0 Å². The number of phenols is 1. The molecule has 2 amide bonds. The zero-order chi connectivity index (χ0) is 27.0. The van der Waals surface area contributed by atoms with E-state index in [0.717, 1.165) is 6.20 Å². The highest BCUT2D eigenvalue weighted by molar-refractivity contribution is 5.90. The number of hydrogen-bond donors (Lipinski definition) is 3. The number of urea groups is 1. The number of amides is 2. The number of phenolic OH excluding ortho intramolecular Hbond substituents is 1. The van der Waals surface area contributed by atoms with E-state index in [2.05, 4.69) is 15.3 Å². The van der Waals surface area contributed by atoms with E-state index in [1.54, 1.807) is 22.9 Å². The predicted molar refractivity (Wildman–Crippen MR) is 133 cm³/mol. The maximum Gasteiger partial charge on any atom is 0.406 e. The summed E-state index contributed by atoms with van der Waals surface area (Å²) in [5.74, 6) is -0.0274. The molecule has 0 radical (unpaired) electrons. The van der Waals surface area contributed by atoms with Crippen LogP contribution in [-0.4, -0.2) is 54.4 Å². The number of pyridine rings is 2. The Morgan fingerprint density at radius 2 is 1.82 bits per heavy atom. The van der Waals surface area contributed by atoms with E-state index in [0.29, 0.717) is 34.1 Å². The SMILES string of the molecule is O=C(Nc1cc(-c2ccc(O)cc2)cn(CC(F)(F)F)c1=O)N1CCC(n2c(=O)[nH]c3ncccc32)CC1. The van der Waals surface area contributed by atoms with Crippen LogP contribution in [0.3, 0.4) is 0 Å². The number of aromatic amines is 1. The highest BCUT2D eigenvalue weighted by Crippen LogP contribution is 2.27. The first-order chi connectivity index (χ1) is 18.1. The van der Waals surface area contributed by atoms with Crippen molar-refractivity contribution in [3.8, 4) is 16.9 Å². The van der Waals surface area contributed by atoms with Crippen molar-refractivity contribution in [2.45, 2.75) is 31.6 Å². The van der Waals surface area contributed by atoms with Crippen molar-refractivity contribution in [2.24, 2.45) is 0 Å². The number of nitrogens with one attached hydrogen (secondary N) is 2. The average Bonchev–Trinajstić information content (AvgIpc) is 3.21. The van der Waals surface area contributed by atoms with Gasteiger partial charge in [0.15, 0.2) is 5.65 Å². The van der Waals surface area contributed by atoms with Crippen molar-refractivity contribution in [3.05, 3.63) is 75.7 Å². The Hall–Kier alpha value is -4.55. The molecule has 10 nitrogen and oxygen atoms in total. The smallest absolute Gasteiger partial charge is 0.406 e. The number of piperidine rings is 1. The van der Waals surface area contributed by atoms with E-state index in [9.17, 15) is 32.7 Å². The number of likely N-dealkylation sites (tertiary alicyclic amines) is 1. The first kappa shape index (κ1) is 25.1. The number of imidazole rings is 1. The number of H-pyrrole nitrogens is 1. The summed E-state index contributed by atoms with van der Waals surface area (Å²) in [5, 5.41) is 12.0. The van der Waals surface area contributed by atoms with Gasteiger partial charge in [0.05, 0.1) is 5.52 Å². The van der Waals surface area contributed by atoms with Crippen LogP contribution < -0.4 is 16.6 Å². The van der Waals surface area contributed by atoms with E-state index in [-0.39, 0.29) is 41.8 Å². The molecule has 13 heteroatoms. The fraction of sp³-hybridized carbons (Fsp3) is 0.280. The Kier molecular flexibility index (Phi) is 6.43. The number of alkyl halides is 3. The maximum absolute atomic E-state index is 13.2. The zero-order valence-electron chi connectivity index (χ0n) is 19.9. The van der Waals surface area contributed by atoms with Crippen LogP contribution in [0, 0.1) is 0 Å². The third-order valence-electron chi connectivity index (χ3n) is 6.48. The molecule has 0 aliphatic carbocycles. The summed E-state index contributed by atoms with van der Waals surface area (Å²) < 4.78 is 41.6. The molecule has 1 aromatic carbocycles. The Labute approximate surface area is 213 Å². The Bertz CT molecular complexity index is 1600. The van der Waals surface area contributed by atoms with Crippen LogP contribution in [0.15, 0.2) is 64.4 Å². The number of hydrogen-bond acceptors (Lipinski definition) is 5. The maximum atomic E-state index is 13.2. The highest BCUT2D eigenvalue weighted by Gasteiger charge is 2.30. The molecule has 1 saturated heterocycles. The van der Waals surface area contributed by atoms with Gasteiger partial charge in [-0.05, 0) is 48.7 Å². The highest BCUT2D eigenvalue weighted by atomic mass is 19.4. The number of fused-ring (bicyclic) bond motifs is 1. The molecule has 1 aliphatic rings. The third kappa shape index (κ3) is 5.12. The van der Waals surface area contributed by atoms with Crippen LogP contribution in [0.1, 0.15) is 18.9 Å². The summed E-state index contributed by atoms with van der Waals surface area (Å²) in [4.78, 5) is 46.6. The predicted octanol–water partition coefficient (Wildman–Crippen LogP) is 3.69. The quantitative estimate of drug-likeness (QED) is 0.373. The standard InChI is InChI=1S/C25H23F3N6O4/c26-25(27,28)14-33-13-16(15-3-5-18(35)6-4-15)12-19(22(33)36)30-23(37)32-10-7-17(8-11-32)34-20-2-1-9-29-21(20)31-24(34)38/h1-6,9,12-13,17,35H,7-8,10-11,14H2,(H,30,37)(H,29,31,38). The first-order valence-corrected chi connectivity index (χ1v) is 11.8. The normalized spacial score (nSPS) is 14.7. The van der Waals surface area contributed by atoms with Crippen molar-refractivity contribution in [1.29, 1.82) is 0 Å². The Balaban J connectivity index is 1.36. The average molecular weight is 528 g/mol. The molecule has 38 heavy (non-hydrogen) atoms. The second-order valence-corrected chi connectivity index (χ2v) is 9.06. The number of carbonyl (C=O) groups is 1. The summed E-state index contributed by atoms with van der Waals surface area (Å²) in [6, 6.07) is 9.74. The molecular formula is C25H23F3N6O4. The molecule has 0 unspecified atom stereocenters. The third-order valence-corrected chi connectivity index (χ3v) is 6.48. The topological polar surface area (TPSA) is 125 Å². The molecule has 0 spiro atoms. The van der Waals surface area contributed by atoms with E-state index in [4.69, 9.17) is 0 Å². The molecule has 1 fully saturated rings. The molecule has 3 aromatic heterocycles. The number of halogens is 3. The molecule has 4 heterocycles. The molecule has 0 saturated carbocycles. The van der Waals surface area contributed by atoms with Gasteiger partial charge in [-0.3, -0.25) is 14.3 Å². The van der Waals surface area contributed by atoms with Crippen LogP contribution in [0.25, 0.3) is 22.3 Å². The lowest BCUT2D eigenvalue weighted by atomic mass is 10.0. The van der Waals surface area contributed by atoms with Crippen LogP contribution >= 0.6 is 0 Å². The summed E-state index contributed by atoms with van der Waals surface area (Å²) in [6.07, 6.45) is -1.09. The molecule has 3 N–H and O–H groups in total. The minimum atomic E-state index is -4.66. The van der Waals surface area contributed by atoms with Gasteiger partial charge < -0.3 is 19.9 Å². The van der Waals surface area contributed by atoms with E-state index in [1.165, 1.54) is 35.2 Å². The molecular weight excluding hydrogens is 505 g/mol. The monoisotopic (exact) mass is 528 g/mol. The largest absolute Gasteiger partial charge is 0.508 e. The second kappa shape index (κ2) is 9.72. The summed E-state index contributed by atoms with van der Waals surface area (Å²) in [7, 11) is 0. The summed E-state index contributed by atoms with van der Waals surface area (Å²) >= 11 is 0. The fourth-order valence-electron chi connectivity index (χ4n) is 4.69. The molecule has 1 aliphatic heterocycles. The molecule has 5 rings (SSSR count). The lowest BCUT2D eigenvalue weighted by Gasteiger charge is -2.32. The number of nitrogens with zero attached hydrogens (tertiary/aromatic N) is 4. The number of aromatic hydroxyl groups is 1. The van der Waals surface area contributed by atoms with Crippen molar-refractivity contribution in [2.75, 3.05) is 18.4 Å². The number of rotatable bonds is 4. The number of anilines is 1. The fourth-order valence-corrected chi connectivity index (χ4v) is 4.69.